The van der Waals surface area contributed by atoms with Crippen LogP contribution in [0.5, 0.6) is 0 Å². The number of anilines is 2. The summed E-state index contributed by atoms with van der Waals surface area (Å²) in [5.41, 5.74) is 8.04. The molecule has 18 heavy (non-hydrogen) atoms. The molecule has 0 radical (unpaired) electrons. The number of nitrogens with two attached hydrogens (primary N) is 1. The van der Waals surface area contributed by atoms with Gasteiger partial charge in [-0.05, 0) is 41.4 Å². The van der Waals surface area contributed by atoms with E-state index in [1.165, 1.54) is 6.07 Å². The van der Waals surface area contributed by atoms with Crippen molar-refractivity contribution in [1.29, 1.82) is 0 Å². The van der Waals surface area contributed by atoms with Crippen molar-refractivity contribution in [3.63, 3.8) is 0 Å². The predicted molar refractivity (Wildman–Crippen MR) is 74.2 cm³/mol. The molecular weight excluding hydrogens is 248 g/mol. The summed E-state index contributed by atoms with van der Waals surface area (Å²) in [5, 5.41) is 16.3. The van der Waals surface area contributed by atoms with Gasteiger partial charge in [-0.25, -0.2) is 4.79 Å². The van der Waals surface area contributed by atoms with E-state index in [1.54, 1.807) is 23.5 Å². The molecule has 0 amide bonds. The van der Waals surface area contributed by atoms with Gasteiger partial charge >= 0.3 is 5.97 Å². The summed E-state index contributed by atoms with van der Waals surface area (Å²) in [6.45, 7) is 2.01. The van der Waals surface area contributed by atoms with Crippen molar-refractivity contribution in [2.75, 3.05) is 11.1 Å². The molecule has 5 heteroatoms. The molecule has 0 aliphatic rings. The summed E-state index contributed by atoms with van der Waals surface area (Å²) in [6.07, 6.45) is 0. The van der Waals surface area contributed by atoms with Gasteiger partial charge in [0.2, 0.25) is 0 Å². The average Bonchev–Trinajstić information content (AvgIpc) is 2.85. The predicted octanol–water partition coefficient (Wildman–Crippen LogP) is 3.20. The molecule has 1 heterocycles. The van der Waals surface area contributed by atoms with Gasteiger partial charge in [0.1, 0.15) is 0 Å². The fourth-order valence-corrected chi connectivity index (χ4v) is 2.47. The number of aromatic carboxylic acids is 1. The average molecular weight is 262 g/mol. The number of rotatable bonds is 4. The number of para-hydroxylation sites is 1. The van der Waals surface area contributed by atoms with Gasteiger partial charge in [0.25, 0.3) is 0 Å². The van der Waals surface area contributed by atoms with E-state index in [0.717, 1.165) is 5.56 Å². The van der Waals surface area contributed by atoms with Gasteiger partial charge in [0, 0.05) is 6.04 Å². The largest absolute Gasteiger partial charge is 0.478 e. The van der Waals surface area contributed by atoms with Crippen LogP contribution in [0.25, 0.3) is 0 Å². The van der Waals surface area contributed by atoms with Crippen molar-refractivity contribution >= 4 is 28.7 Å². The first kappa shape index (κ1) is 12.4. The second kappa shape index (κ2) is 5.10. The third-order valence-corrected chi connectivity index (χ3v) is 3.45. The summed E-state index contributed by atoms with van der Waals surface area (Å²) in [6, 6.07) is 7.08. The third kappa shape index (κ3) is 2.46. The van der Waals surface area contributed by atoms with Crippen LogP contribution in [0.1, 0.15) is 28.9 Å². The molecule has 4 N–H and O–H groups in total. The maximum atomic E-state index is 11.0. The highest BCUT2D eigenvalue weighted by molar-refractivity contribution is 7.07. The Balaban J connectivity index is 2.24. The highest BCUT2D eigenvalue weighted by atomic mass is 32.1. The molecule has 0 bridgehead atoms. The molecule has 0 spiro atoms. The van der Waals surface area contributed by atoms with Crippen LogP contribution in [0.15, 0.2) is 35.0 Å². The zero-order valence-corrected chi connectivity index (χ0v) is 10.7. The first-order valence-corrected chi connectivity index (χ1v) is 6.44. The first-order chi connectivity index (χ1) is 8.59. The molecule has 1 atom stereocenters. The Morgan fingerprint density at radius 2 is 2.22 bits per heavy atom. The quantitative estimate of drug-likeness (QED) is 0.740. The summed E-state index contributed by atoms with van der Waals surface area (Å²) >= 11 is 1.63. The van der Waals surface area contributed by atoms with Crippen LogP contribution >= 0.6 is 11.3 Å². The molecule has 0 aliphatic heterocycles. The maximum absolute atomic E-state index is 11.0. The standard InChI is InChI=1S/C13H14N2O2S/c1-8(9-5-6-18-7-9)15-11-4-2-3-10(12(11)14)13(16)17/h2-8,15H,14H2,1H3,(H,16,17). The lowest BCUT2D eigenvalue weighted by Crippen LogP contribution is -2.10. The summed E-state index contributed by atoms with van der Waals surface area (Å²) in [7, 11) is 0. The van der Waals surface area contributed by atoms with Crippen LogP contribution in [0.2, 0.25) is 0 Å². The van der Waals surface area contributed by atoms with Crippen molar-refractivity contribution in [1.82, 2.24) is 0 Å². The van der Waals surface area contributed by atoms with Crippen molar-refractivity contribution < 1.29 is 9.90 Å². The van der Waals surface area contributed by atoms with Crippen molar-refractivity contribution in [3.05, 3.63) is 46.2 Å². The number of thiophene rings is 1. The summed E-state index contributed by atoms with van der Waals surface area (Å²) < 4.78 is 0. The number of hydrogen-bond acceptors (Lipinski definition) is 4. The Kier molecular flexibility index (Phi) is 3.53. The van der Waals surface area contributed by atoms with Gasteiger partial charge < -0.3 is 16.2 Å². The molecule has 0 saturated heterocycles. The Labute approximate surface area is 109 Å². The van der Waals surface area contributed by atoms with E-state index in [4.69, 9.17) is 10.8 Å². The lowest BCUT2D eigenvalue weighted by molar-refractivity contribution is 0.0698. The molecular formula is C13H14N2O2S. The third-order valence-electron chi connectivity index (χ3n) is 2.75. The molecule has 0 saturated carbocycles. The van der Waals surface area contributed by atoms with E-state index in [2.05, 4.69) is 10.7 Å². The van der Waals surface area contributed by atoms with Gasteiger partial charge in [-0.2, -0.15) is 11.3 Å². The molecule has 0 aliphatic carbocycles. The van der Waals surface area contributed by atoms with Crippen molar-refractivity contribution in [3.8, 4) is 0 Å². The maximum Gasteiger partial charge on any atom is 0.337 e. The SMILES string of the molecule is CC(Nc1cccc(C(=O)O)c1N)c1ccsc1. The van der Waals surface area contributed by atoms with E-state index in [9.17, 15) is 4.79 Å². The molecule has 0 fully saturated rings. The van der Waals surface area contributed by atoms with Crippen LogP contribution in [0.4, 0.5) is 11.4 Å². The van der Waals surface area contributed by atoms with Gasteiger partial charge in [0.05, 0.1) is 16.9 Å². The second-order valence-corrected chi connectivity index (χ2v) is 4.77. The number of carboxylic acids is 1. The molecule has 94 valence electrons. The van der Waals surface area contributed by atoms with E-state index >= 15 is 0 Å². The van der Waals surface area contributed by atoms with E-state index in [-0.39, 0.29) is 17.3 Å². The first-order valence-electron chi connectivity index (χ1n) is 5.50. The Hall–Kier alpha value is -2.01. The van der Waals surface area contributed by atoms with E-state index < -0.39 is 5.97 Å². The minimum absolute atomic E-state index is 0.0857. The minimum Gasteiger partial charge on any atom is -0.478 e. The van der Waals surface area contributed by atoms with Gasteiger partial charge in [-0.3, -0.25) is 0 Å². The minimum atomic E-state index is -1.01. The second-order valence-electron chi connectivity index (χ2n) is 3.99. The molecule has 2 aromatic rings. The zero-order chi connectivity index (χ0) is 13.1. The highest BCUT2D eigenvalue weighted by Gasteiger charge is 2.13. The summed E-state index contributed by atoms with van der Waals surface area (Å²) in [4.78, 5) is 11.0. The van der Waals surface area contributed by atoms with E-state index in [1.807, 2.05) is 18.4 Å². The number of carbonyl (C=O) groups is 1. The van der Waals surface area contributed by atoms with Crippen LogP contribution in [-0.4, -0.2) is 11.1 Å². The van der Waals surface area contributed by atoms with Crippen molar-refractivity contribution in [2.45, 2.75) is 13.0 Å². The number of nitrogen functional groups attached to an aromatic ring is 1. The Morgan fingerprint density at radius 1 is 1.44 bits per heavy atom. The zero-order valence-electron chi connectivity index (χ0n) is 9.88. The summed E-state index contributed by atoms with van der Waals surface area (Å²) in [5.74, 6) is -1.01. The Bertz CT molecular complexity index is 552. The molecule has 4 nitrogen and oxygen atoms in total. The number of benzene rings is 1. The molecule has 1 unspecified atom stereocenters. The monoisotopic (exact) mass is 262 g/mol. The molecule has 1 aromatic carbocycles. The van der Waals surface area contributed by atoms with Crippen LogP contribution < -0.4 is 11.1 Å². The Morgan fingerprint density at radius 3 is 2.83 bits per heavy atom. The number of nitrogens with one attached hydrogen (secondary N) is 1. The van der Waals surface area contributed by atoms with Gasteiger partial charge in [-0.15, -0.1) is 0 Å². The van der Waals surface area contributed by atoms with Gasteiger partial charge in [-0.1, -0.05) is 6.07 Å². The fraction of sp³-hybridized carbons (Fsp3) is 0.154. The molecule has 2 rings (SSSR count). The lowest BCUT2D eigenvalue weighted by Gasteiger charge is -2.16. The number of hydrogen-bond donors (Lipinski definition) is 3. The van der Waals surface area contributed by atoms with Crippen LogP contribution in [0.3, 0.4) is 0 Å². The van der Waals surface area contributed by atoms with E-state index in [0.29, 0.717) is 5.69 Å². The van der Waals surface area contributed by atoms with Crippen LogP contribution in [0, 0.1) is 0 Å². The van der Waals surface area contributed by atoms with Crippen molar-refractivity contribution in [2.24, 2.45) is 0 Å². The lowest BCUT2D eigenvalue weighted by atomic mass is 10.1. The molecule has 1 aromatic heterocycles. The normalized spacial score (nSPS) is 12.1. The van der Waals surface area contributed by atoms with Gasteiger partial charge in [0.15, 0.2) is 0 Å². The highest BCUT2D eigenvalue weighted by Crippen LogP contribution is 2.27. The smallest absolute Gasteiger partial charge is 0.337 e. The van der Waals surface area contributed by atoms with Crippen LogP contribution in [-0.2, 0) is 0 Å². The number of carboxylic acid groups (broad SMARTS) is 1. The topological polar surface area (TPSA) is 75.3 Å². The fourth-order valence-electron chi connectivity index (χ4n) is 1.72.